The van der Waals surface area contributed by atoms with Crippen molar-refractivity contribution in [1.82, 2.24) is 5.32 Å². The molecule has 2 fully saturated rings. The molecule has 0 heterocycles. The summed E-state index contributed by atoms with van der Waals surface area (Å²) in [6.07, 6.45) is 5.72. The lowest BCUT2D eigenvalue weighted by atomic mass is 9.84. The van der Waals surface area contributed by atoms with Crippen molar-refractivity contribution >= 4 is 17.7 Å². The third-order valence-corrected chi connectivity index (χ3v) is 5.26. The van der Waals surface area contributed by atoms with Crippen molar-refractivity contribution in [3.8, 4) is 0 Å². The number of amides is 1. The van der Waals surface area contributed by atoms with Gasteiger partial charge in [-0.3, -0.25) is 4.79 Å². The second-order valence-electron chi connectivity index (χ2n) is 5.74. The van der Waals surface area contributed by atoms with Gasteiger partial charge in [0.2, 0.25) is 5.91 Å². The Morgan fingerprint density at radius 3 is 2.76 bits per heavy atom. The quantitative estimate of drug-likeness (QED) is 0.783. The summed E-state index contributed by atoms with van der Waals surface area (Å²) >= 11 is 1.83. The maximum atomic E-state index is 12.2. The fourth-order valence-corrected chi connectivity index (χ4v) is 4.15. The molecule has 0 aromatic carbocycles. The van der Waals surface area contributed by atoms with E-state index in [0.29, 0.717) is 17.8 Å². The first-order valence-electron chi connectivity index (χ1n) is 6.65. The van der Waals surface area contributed by atoms with Gasteiger partial charge in [0.05, 0.1) is 5.92 Å². The van der Waals surface area contributed by atoms with Crippen LogP contribution >= 0.6 is 11.8 Å². The molecule has 0 aromatic heterocycles. The van der Waals surface area contributed by atoms with Crippen LogP contribution in [0.3, 0.4) is 0 Å². The first-order chi connectivity index (χ1) is 8.13. The number of hydrogen-bond donors (Lipinski definition) is 2. The Bertz CT molecular complexity index is 283. The standard InChI is InChI=1S/C13H24N2OS/c1-8(7-17-2)6-15-13(16)11-9-3-4-10(5-9)12(11)14/h8-12H,3-7,14H2,1-2H3,(H,15,16). The van der Waals surface area contributed by atoms with Gasteiger partial charge in [-0.1, -0.05) is 6.92 Å². The lowest BCUT2D eigenvalue weighted by Crippen LogP contribution is -2.46. The molecule has 2 aliphatic rings. The van der Waals surface area contributed by atoms with Gasteiger partial charge in [-0.25, -0.2) is 0 Å². The lowest BCUT2D eigenvalue weighted by molar-refractivity contribution is -0.127. The van der Waals surface area contributed by atoms with Gasteiger partial charge in [-0.05, 0) is 49.0 Å². The van der Waals surface area contributed by atoms with Crippen LogP contribution in [-0.4, -0.2) is 30.5 Å². The number of carbonyl (C=O) groups is 1. The van der Waals surface area contributed by atoms with E-state index in [1.807, 2.05) is 11.8 Å². The highest BCUT2D eigenvalue weighted by molar-refractivity contribution is 7.98. The number of rotatable bonds is 5. The van der Waals surface area contributed by atoms with Crippen LogP contribution in [0.5, 0.6) is 0 Å². The monoisotopic (exact) mass is 256 g/mol. The minimum atomic E-state index is 0.0928. The van der Waals surface area contributed by atoms with Crippen LogP contribution in [0.1, 0.15) is 26.2 Å². The molecule has 0 radical (unpaired) electrons. The second-order valence-corrected chi connectivity index (χ2v) is 6.65. The first-order valence-corrected chi connectivity index (χ1v) is 8.05. The van der Waals surface area contributed by atoms with Gasteiger partial charge >= 0.3 is 0 Å². The van der Waals surface area contributed by atoms with E-state index in [9.17, 15) is 4.79 Å². The Morgan fingerprint density at radius 2 is 2.18 bits per heavy atom. The van der Waals surface area contributed by atoms with Crippen molar-refractivity contribution < 1.29 is 4.79 Å². The SMILES string of the molecule is CSCC(C)CNC(=O)C1C2CCC(C2)C1N. The zero-order valence-corrected chi connectivity index (χ0v) is 11.6. The van der Waals surface area contributed by atoms with Crippen LogP contribution in [0.2, 0.25) is 0 Å². The number of fused-ring (bicyclic) bond motifs is 2. The van der Waals surface area contributed by atoms with E-state index in [0.717, 1.165) is 12.3 Å². The van der Waals surface area contributed by atoms with E-state index in [1.54, 1.807) is 0 Å². The van der Waals surface area contributed by atoms with Crippen LogP contribution in [-0.2, 0) is 4.79 Å². The molecule has 0 aromatic rings. The second kappa shape index (κ2) is 5.61. The van der Waals surface area contributed by atoms with Crippen molar-refractivity contribution in [3.05, 3.63) is 0 Å². The summed E-state index contributed by atoms with van der Waals surface area (Å²) in [4.78, 5) is 12.2. The van der Waals surface area contributed by atoms with E-state index >= 15 is 0 Å². The van der Waals surface area contributed by atoms with Gasteiger partial charge in [0, 0.05) is 12.6 Å². The average molecular weight is 256 g/mol. The largest absolute Gasteiger partial charge is 0.356 e. The van der Waals surface area contributed by atoms with Crippen molar-refractivity contribution in [2.45, 2.75) is 32.2 Å². The molecule has 3 nitrogen and oxygen atoms in total. The molecule has 2 bridgehead atoms. The van der Waals surface area contributed by atoms with Crippen LogP contribution in [0.25, 0.3) is 0 Å². The normalized spacial score (nSPS) is 37.1. The Hall–Kier alpha value is -0.220. The van der Waals surface area contributed by atoms with Gasteiger partial charge in [0.25, 0.3) is 0 Å². The number of nitrogens with one attached hydrogen (secondary N) is 1. The number of nitrogens with two attached hydrogens (primary N) is 1. The first kappa shape index (κ1) is 13.2. The molecule has 3 N–H and O–H groups in total. The van der Waals surface area contributed by atoms with E-state index in [1.165, 1.54) is 19.3 Å². The molecule has 4 heteroatoms. The molecular weight excluding hydrogens is 232 g/mol. The van der Waals surface area contributed by atoms with E-state index in [4.69, 9.17) is 5.73 Å². The zero-order chi connectivity index (χ0) is 12.4. The maximum absolute atomic E-state index is 12.2. The van der Waals surface area contributed by atoms with Crippen molar-refractivity contribution in [3.63, 3.8) is 0 Å². The van der Waals surface area contributed by atoms with Gasteiger partial charge < -0.3 is 11.1 Å². The number of thioether (sulfide) groups is 1. The van der Waals surface area contributed by atoms with E-state index in [-0.39, 0.29) is 17.9 Å². The third-order valence-electron chi connectivity index (χ3n) is 4.36. The molecule has 98 valence electrons. The highest BCUT2D eigenvalue weighted by atomic mass is 32.2. The highest BCUT2D eigenvalue weighted by Gasteiger charge is 2.48. The fourth-order valence-electron chi connectivity index (χ4n) is 3.46. The Kier molecular flexibility index (Phi) is 4.36. The van der Waals surface area contributed by atoms with Crippen molar-refractivity contribution in [1.29, 1.82) is 0 Å². The van der Waals surface area contributed by atoms with Gasteiger partial charge in [-0.2, -0.15) is 11.8 Å². The molecular formula is C13H24N2OS. The van der Waals surface area contributed by atoms with E-state index in [2.05, 4.69) is 18.5 Å². The lowest BCUT2D eigenvalue weighted by Gasteiger charge is -2.27. The molecule has 2 aliphatic carbocycles. The Labute approximate surface area is 108 Å². The molecule has 0 aliphatic heterocycles. The molecule has 0 spiro atoms. The predicted octanol–water partition coefficient (Wildman–Crippen LogP) is 1.48. The maximum Gasteiger partial charge on any atom is 0.224 e. The summed E-state index contributed by atoms with van der Waals surface area (Å²) in [5.74, 6) is 3.12. The number of hydrogen-bond acceptors (Lipinski definition) is 3. The molecule has 1 amide bonds. The van der Waals surface area contributed by atoms with Crippen LogP contribution in [0.15, 0.2) is 0 Å². The number of carbonyl (C=O) groups excluding carboxylic acids is 1. The van der Waals surface area contributed by atoms with E-state index < -0.39 is 0 Å². The van der Waals surface area contributed by atoms with Crippen molar-refractivity contribution in [2.75, 3.05) is 18.6 Å². The molecule has 2 saturated carbocycles. The highest BCUT2D eigenvalue weighted by Crippen LogP contribution is 2.47. The summed E-state index contributed by atoms with van der Waals surface area (Å²) in [5.41, 5.74) is 6.17. The fraction of sp³-hybridized carbons (Fsp3) is 0.923. The summed E-state index contributed by atoms with van der Waals surface area (Å²) in [6, 6.07) is 0.115. The van der Waals surface area contributed by atoms with Gasteiger partial charge in [0.15, 0.2) is 0 Å². The molecule has 17 heavy (non-hydrogen) atoms. The summed E-state index contributed by atoms with van der Waals surface area (Å²) < 4.78 is 0. The molecule has 5 unspecified atom stereocenters. The summed E-state index contributed by atoms with van der Waals surface area (Å²) in [5, 5.41) is 3.09. The molecule has 5 atom stereocenters. The average Bonchev–Trinajstić information content (AvgIpc) is 2.86. The van der Waals surface area contributed by atoms with Gasteiger partial charge in [-0.15, -0.1) is 0 Å². The zero-order valence-electron chi connectivity index (χ0n) is 10.8. The van der Waals surface area contributed by atoms with Crippen LogP contribution < -0.4 is 11.1 Å². The third kappa shape index (κ3) is 2.79. The smallest absolute Gasteiger partial charge is 0.224 e. The Morgan fingerprint density at radius 1 is 1.47 bits per heavy atom. The van der Waals surface area contributed by atoms with Crippen LogP contribution in [0.4, 0.5) is 0 Å². The molecule has 2 rings (SSSR count). The van der Waals surface area contributed by atoms with Gasteiger partial charge in [0.1, 0.15) is 0 Å². The Balaban J connectivity index is 1.80. The minimum Gasteiger partial charge on any atom is -0.356 e. The summed E-state index contributed by atoms with van der Waals surface area (Å²) in [6.45, 7) is 2.97. The topological polar surface area (TPSA) is 55.1 Å². The summed E-state index contributed by atoms with van der Waals surface area (Å²) in [7, 11) is 0. The van der Waals surface area contributed by atoms with Crippen LogP contribution in [0, 0.1) is 23.7 Å². The predicted molar refractivity (Wildman–Crippen MR) is 72.9 cm³/mol. The van der Waals surface area contributed by atoms with Crippen molar-refractivity contribution in [2.24, 2.45) is 29.4 Å². The minimum absolute atomic E-state index is 0.0928. The molecule has 0 saturated heterocycles.